The molecule has 4 aromatic rings. The van der Waals surface area contributed by atoms with E-state index in [1.807, 2.05) is 24.8 Å². The lowest BCUT2D eigenvalue weighted by molar-refractivity contribution is 0.271. The van der Waals surface area contributed by atoms with Crippen LogP contribution in [0.15, 0.2) is 83.8 Å². The average molecular weight is 595 g/mol. The van der Waals surface area contributed by atoms with Crippen LogP contribution in [0.5, 0.6) is 5.75 Å². The minimum atomic E-state index is -3.54. The molecule has 1 aliphatic rings. The van der Waals surface area contributed by atoms with Crippen molar-refractivity contribution in [1.29, 1.82) is 0 Å². The van der Waals surface area contributed by atoms with Crippen LogP contribution >= 0.6 is 0 Å². The summed E-state index contributed by atoms with van der Waals surface area (Å²) in [6.45, 7) is 5.64. The monoisotopic (exact) mass is 594 g/mol. The number of rotatable bonds is 9. The Hall–Kier alpha value is -4.09. The fourth-order valence-electron chi connectivity index (χ4n) is 4.89. The average Bonchev–Trinajstić information content (AvgIpc) is 2.96. The first-order valence-electron chi connectivity index (χ1n) is 13.7. The molecule has 11 heteroatoms. The standard InChI is InChI=1S/C31H32F2N4O4S/c1-22(2)20-41-28-10-6-9-24(15-28)30-29(19-34-37(31(30)38)27-17-25(32)16-26(33)18-27)35-11-13-36(14-12-35)42(39,40)21-23-7-4-3-5-8-23/h3-10,15-19,22H,11-14,20-21H2,1-2H3. The molecule has 1 aromatic heterocycles. The molecule has 220 valence electrons. The van der Waals surface area contributed by atoms with Crippen molar-refractivity contribution in [1.82, 2.24) is 14.1 Å². The number of aromatic nitrogens is 2. The third kappa shape index (κ3) is 6.69. The molecular weight excluding hydrogens is 562 g/mol. The fourth-order valence-corrected chi connectivity index (χ4v) is 6.40. The molecule has 8 nitrogen and oxygen atoms in total. The van der Waals surface area contributed by atoms with Crippen molar-refractivity contribution in [2.45, 2.75) is 19.6 Å². The SMILES string of the molecule is CC(C)COc1cccc(-c2c(N3CCN(S(=O)(=O)Cc4ccccc4)CC3)cnn(-c3cc(F)cc(F)c3)c2=O)c1. The number of hydrogen-bond acceptors (Lipinski definition) is 6. The summed E-state index contributed by atoms with van der Waals surface area (Å²) in [5.74, 6) is -0.893. The Balaban J connectivity index is 1.49. The van der Waals surface area contributed by atoms with Crippen molar-refractivity contribution in [2.24, 2.45) is 5.92 Å². The number of sulfonamides is 1. The van der Waals surface area contributed by atoms with Crippen molar-refractivity contribution in [3.05, 3.63) is 107 Å². The van der Waals surface area contributed by atoms with Gasteiger partial charge in [0.2, 0.25) is 10.0 Å². The summed E-state index contributed by atoms with van der Waals surface area (Å²) in [5.41, 5.74) is 1.40. The quantitative estimate of drug-likeness (QED) is 0.275. The first-order chi connectivity index (χ1) is 20.1. The Morgan fingerprint density at radius 1 is 0.905 bits per heavy atom. The number of anilines is 1. The molecule has 0 radical (unpaired) electrons. The fraction of sp³-hybridized carbons (Fsp3) is 0.290. The van der Waals surface area contributed by atoms with Gasteiger partial charge in [0.15, 0.2) is 0 Å². The number of benzene rings is 3. The highest BCUT2D eigenvalue weighted by atomic mass is 32.2. The van der Waals surface area contributed by atoms with Gasteiger partial charge >= 0.3 is 0 Å². The predicted octanol–water partition coefficient (Wildman–Crippen LogP) is 4.86. The van der Waals surface area contributed by atoms with E-state index in [9.17, 15) is 22.0 Å². The van der Waals surface area contributed by atoms with Crippen LogP contribution in [-0.2, 0) is 15.8 Å². The van der Waals surface area contributed by atoms with Gasteiger partial charge in [-0.25, -0.2) is 17.2 Å². The summed E-state index contributed by atoms with van der Waals surface area (Å²) in [4.78, 5) is 15.9. The normalized spacial score (nSPS) is 14.4. The largest absolute Gasteiger partial charge is 0.493 e. The van der Waals surface area contributed by atoms with Gasteiger partial charge in [0.05, 0.1) is 35.5 Å². The Bertz CT molecular complexity index is 1700. The van der Waals surface area contributed by atoms with Gasteiger partial charge in [-0.15, -0.1) is 0 Å². The van der Waals surface area contributed by atoms with Crippen LogP contribution in [0.25, 0.3) is 16.8 Å². The van der Waals surface area contributed by atoms with E-state index in [-0.39, 0.29) is 30.1 Å². The lowest BCUT2D eigenvalue weighted by Gasteiger charge is -2.36. The number of ether oxygens (including phenoxy) is 1. The molecule has 0 saturated carbocycles. The highest BCUT2D eigenvalue weighted by Crippen LogP contribution is 2.31. The van der Waals surface area contributed by atoms with Gasteiger partial charge < -0.3 is 9.64 Å². The zero-order valence-electron chi connectivity index (χ0n) is 23.4. The van der Waals surface area contributed by atoms with E-state index in [2.05, 4.69) is 5.10 Å². The van der Waals surface area contributed by atoms with Gasteiger partial charge in [-0.3, -0.25) is 4.79 Å². The topological polar surface area (TPSA) is 84.7 Å². The first kappa shape index (κ1) is 29.4. The molecule has 1 fully saturated rings. The van der Waals surface area contributed by atoms with E-state index in [4.69, 9.17) is 4.74 Å². The molecule has 0 amide bonds. The van der Waals surface area contributed by atoms with Crippen molar-refractivity contribution in [3.8, 4) is 22.6 Å². The van der Waals surface area contributed by atoms with Gasteiger partial charge in [0.1, 0.15) is 17.4 Å². The number of hydrogen-bond donors (Lipinski definition) is 0. The van der Waals surface area contributed by atoms with E-state index in [0.29, 0.717) is 48.2 Å². The van der Waals surface area contributed by atoms with Crippen molar-refractivity contribution >= 4 is 15.7 Å². The predicted molar refractivity (Wildman–Crippen MR) is 158 cm³/mol. The molecule has 5 rings (SSSR count). The van der Waals surface area contributed by atoms with Gasteiger partial charge in [-0.2, -0.15) is 14.1 Å². The maximum atomic E-state index is 14.1. The zero-order valence-corrected chi connectivity index (χ0v) is 24.2. The van der Waals surface area contributed by atoms with Crippen LogP contribution in [-0.4, -0.2) is 55.3 Å². The summed E-state index contributed by atoms with van der Waals surface area (Å²) >= 11 is 0. The Morgan fingerprint density at radius 3 is 2.26 bits per heavy atom. The summed E-state index contributed by atoms with van der Waals surface area (Å²) in [6.07, 6.45) is 1.48. The zero-order chi connectivity index (χ0) is 29.9. The summed E-state index contributed by atoms with van der Waals surface area (Å²) in [6, 6.07) is 18.9. The third-order valence-electron chi connectivity index (χ3n) is 6.92. The van der Waals surface area contributed by atoms with Crippen LogP contribution in [0.1, 0.15) is 19.4 Å². The van der Waals surface area contributed by atoms with E-state index in [1.165, 1.54) is 10.5 Å². The summed E-state index contributed by atoms with van der Waals surface area (Å²) in [7, 11) is -3.54. The second-order valence-corrected chi connectivity index (χ2v) is 12.6. The van der Waals surface area contributed by atoms with E-state index >= 15 is 0 Å². The van der Waals surface area contributed by atoms with Gasteiger partial charge in [0.25, 0.3) is 5.56 Å². The summed E-state index contributed by atoms with van der Waals surface area (Å²) in [5, 5.41) is 4.26. The molecule has 1 saturated heterocycles. The van der Waals surface area contributed by atoms with E-state index in [0.717, 1.165) is 22.9 Å². The molecule has 0 bridgehead atoms. The number of piperazine rings is 1. The molecule has 0 spiro atoms. The lowest BCUT2D eigenvalue weighted by Crippen LogP contribution is -2.49. The van der Waals surface area contributed by atoms with Crippen LogP contribution in [0, 0.1) is 17.6 Å². The van der Waals surface area contributed by atoms with Crippen LogP contribution < -0.4 is 15.2 Å². The van der Waals surface area contributed by atoms with Gasteiger partial charge in [-0.05, 0) is 41.3 Å². The molecule has 0 N–H and O–H groups in total. The minimum Gasteiger partial charge on any atom is -0.493 e. The molecule has 0 aliphatic carbocycles. The van der Waals surface area contributed by atoms with Gasteiger partial charge in [0, 0.05) is 32.2 Å². The molecule has 1 aliphatic heterocycles. The van der Waals surface area contributed by atoms with Crippen LogP contribution in [0.4, 0.5) is 14.5 Å². The Kier molecular flexibility index (Phi) is 8.69. The number of nitrogens with zero attached hydrogens (tertiary/aromatic N) is 4. The maximum absolute atomic E-state index is 14.1. The Labute approximate surface area is 243 Å². The second-order valence-electron chi connectivity index (χ2n) is 10.6. The summed E-state index contributed by atoms with van der Waals surface area (Å²) < 4.78 is 62.6. The van der Waals surface area contributed by atoms with Crippen molar-refractivity contribution in [2.75, 3.05) is 37.7 Å². The van der Waals surface area contributed by atoms with Crippen molar-refractivity contribution < 1.29 is 21.9 Å². The highest BCUT2D eigenvalue weighted by molar-refractivity contribution is 7.88. The van der Waals surface area contributed by atoms with Crippen LogP contribution in [0.3, 0.4) is 0 Å². The minimum absolute atomic E-state index is 0.0469. The van der Waals surface area contributed by atoms with E-state index in [1.54, 1.807) is 48.5 Å². The molecule has 42 heavy (non-hydrogen) atoms. The smallest absolute Gasteiger partial charge is 0.281 e. The van der Waals surface area contributed by atoms with Gasteiger partial charge in [-0.1, -0.05) is 56.3 Å². The second kappa shape index (κ2) is 12.4. The molecule has 0 unspecified atom stereocenters. The maximum Gasteiger partial charge on any atom is 0.281 e. The van der Waals surface area contributed by atoms with Crippen molar-refractivity contribution in [3.63, 3.8) is 0 Å². The lowest BCUT2D eigenvalue weighted by atomic mass is 10.0. The third-order valence-corrected chi connectivity index (χ3v) is 8.77. The molecular formula is C31H32F2N4O4S. The molecule has 2 heterocycles. The highest BCUT2D eigenvalue weighted by Gasteiger charge is 2.29. The number of halogens is 2. The van der Waals surface area contributed by atoms with E-state index < -0.39 is 27.2 Å². The molecule has 0 atom stereocenters. The van der Waals surface area contributed by atoms with Crippen LogP contribution in [0.2, 0.25) is 0 Å². The molecule has 3 aromatic carbocycles. The Morgan fingerprint density at radius 2 is 1.60 bits per heavy atom. The first-order valence-corrected chi connectivity index (χ1v) is 15.3.